The molecule has 1 fully saturated rings. The van der Waals surface area contributed by atoms with E-state index in [0.717, 1.165) is 49.4 Å². The number of piperazine rings is 1. The van der Waals surface area contributed by atoms with E-state index >= 15 is 0 Å². The summed E-state index contributed by atoms with van der Waals surface area (Å²) in [5.74, 6) is -0.783. The topological polar surface area (TPSA) is 52.9 Å². The molecule has 1 N–H and O–H groups in total. The Balaban J connectivity index is 1.22. The van der Waals surface area contributed by atoms with Crippen molar-refractivity contribution < 1.29 is 22.4 Å². The summed E-state index contributed by atoms with van der Waals surface area (Å²) in [5, 5.41) is 2.99. The van der Waals surface area contributed by atoms with Crippen LogP contribution < -0.4 is 5.32 Å². The first-order valence-electron chi connectivity index (χ1n) is 11.0. The summed E-state index contributed by atoms with van der Waals surface area (Å²) in [5.41, 5.74) is -0.337. The van der Waals surface area contributed by atoms with Crippen molar-refractivity contribution >= 4 is 34.8 Å². The summed E-state index contributed by atoms with van der Waals surface area (Å²) in [6.07, 6.45) is -1.78. The van der Waals surface area contributed by atoms with Gasteiger partial charge in [-0.2, -0.15) is 13.2 Å². The molecule has 0 aliphatic carbocycles. The lowest BCUT2D eigenvalue weighted by molar-refractivity contribution is -0.137. The molecule has 0 atom stereocenters. The first-order valence-corrected chi connectivity index (χ1v) is 11.8. The number of carbonyl (C=O) groups is 1. The maximum Gasteiger partial charge on any atom is 0.417 e. The van der Waals surface area contributed by atoms with E-state index in [9.17, 15) is 22.4 Å². The second-order valence-corrected chi connectivity index (χ2v) is 9.17. The number of aromatic nitrogens is 2. The largest absolute Gasteiger partial charge is 0.417 e. The molecule has 3 heterocycles. The third-order valence-electron chi connectivity index (χ3n) is 5.91. The first kappa shape index (κ1) is 25.7. The van der Waals surface area contributed by atoms with Gasteiger partial charge < -0.3 is 14.6 Å². The molecule has 2 aromatic heterocycles. The van der Waals surface area contributed by atoms with Crippen molar-refractivity contribution in [2.75, 3.05) is 39.3 Å². The van der Waals surface area contributed by atoms with Crippen LogP contribution >= 0.6 is 23.2 Å². The van der Waals surface area contributed by atoms with Crippen LogP contribution in [0.25, 0.3) is 5.65 Å². The number of fused-ring (bicyclic) bond motifs is 1. The summed E-state index contributed by atoms with van der Waals surface area (Å²) >= 11 is 12.0. The molecule has 1 aliphatic rings. The molecule has 0 bridgehead atoms. The molecular weight excluding hydrogens is 509 g/mol. The summed E-state index contributed by atoms with van der Waals surface area (Å²) in [7, 11) is 0. The molecule has 6 nitrogen and oxygen atoms in total. The minimum atomic E-state index is -4.55. The fraction of sp³-hybridized carbons (Fsp3) is 0.391. The van der Waals surface area contributed by atoms with Crippen molar-refractivity contribution in [3.05, 3.63) is 69.3 Å². The Hall–Kier alpha value is -2.40. The van der Waals surface area contributed by atoms with Crippen LogP contribution in [-0.2, 0) is 12.7 Å². The molecule has 1 aromatic carbocycles. The van der Waals surface area contributed by atoms with Gasteiger partial charge in [0, 0.05) is 62.2 Å². The number of amides is 1. The number of alkyl halides is 3. The Morgan fingerprint density at radius 1 is 1.06 bits per heavy atom. The average molecular weight is 532 g/mol. The lowest BCUT2D eigenvalue weighted by Gasteiger charge is -2.34. The maximum absolute atomic E-state index is 14.0. The summed E-state index contributed by atoms with van der Waals surface area (Å²) in [6, 6.07) is 5.47. The zero-order valence-corrected chi connectivity index (χ0v) is 20.1. The summed E-state index contributed by atoms with van der Waals surface area (Å²) in [4.78, 5) is 20.9. The van der Waals surface area contributed by atoms with Crippen LogP contribution in [0.4, 0.5) is 17.6 Å². The van der Waals surface area contributed by atoms with Gasteiger partial charge in [0.25, 0.3) is 5.91 Å². The van der Waals surface area contributed by atoms with Gasteiger partial charge in [-0.15, -0.1) is 0 Å². The summed E-state index contributed by atoms with van der Waals surface area (Å²) in [6.45, 7) is 4.79. The van der Waals surface area contributed by atoms with Gasteiger partial charge in [0.1, 0.15) is 11.5 Å². The van der Waals surface area contributed by atoms with E-state index in [4.69, 9.17) is 23.2 Å². The molecule has 1 amide bonds. The van der Waals surface area contributed by atoms with Crippen LogP contribution in [0.3, 0.4) is 0 Å². The SMILES string of the molecule is O=C(NCCCN1CCN(Cc2c(F)cccc2Cl)CC1)c1cn2cc(C(F)(F)F)cc(Cl)c2n1. The van der Waals surface area contributed by atoms with E-state index in [1.54, 1.807) is 12.1 Å². The molecule has 0 saturated carbocycles. The molecule has 0 spiro atoms. The van der Waals surface area contributed by atoms with E-state index in [2.05, 4.69) is 20.1 Å². The number of hydrogen-bond acceptors (Lipinski definition) is 4. The molecule has 0 radical (unpaired) electrons. The zero-order valence-electron chi connectivity index (χ0n) is 18.6. The Morgan fingerprint density at radius 2 is 1.77 bits per heavy atom. The number of benzene rings is 1. The highest BCUT2D eigenvalue weighted by Crippen LogP contribution is 2.32. The molecule has 3 aromatic rings. The van der Waals surface area contributed by atoms with E-state index in [0.29, 0.717) is 30.1 Å². The number of nitrogens with zero attached hydrogens (tertiary/aromatic N) is 4. The van der Waals surface area contributed by atoms with Crippen LogP contribution in [0.1, 0.15) is 28.0 Å². The second-order valence-electron chi connectivity index (χ2n) is 8.36. The van der Waals surface area contributed by atoms with E-state index in [1.165, 1.54) is 12.3 Å². The van der Waals surface area contributed by atoms with Crippen molar-refractivity contribution in [2.45, 2.75) is 19.1 Å². The molecule has 0 unspecified atom stereocenters. The zero-order chi connectivity index (χ0) is 25.2. The van der Waals surface area contributed by atoms with Crippen molar-refractivity contribution in [1.29, 1.82) is 0 Å². The van der Waals surface area contributed by atoms with Crippen LogP contribution in [0.15, 0.2) is 36.7 Å². The van der Waals surface area contributed by atoms with Gasteiger partial charge in [0.2, 0.25) is 0 Å². The molecule has 1 aliphatic heterocycles. The first-order chi connectivity index (χ1) is 16.6. The van der Waals surface area contributed by atoms with Crippen molar-refractivity contribution in [1.82, 2.24) is 24.5 Å². The minimum absolute atomic E-state index is 0.00774. The molecule has 1 saturated heterocycles. The van der Waals surface area contributed by atoms with Gasteiger partial charge in [0.15, 0.2) is 5.65 Å². The van der Waals surface area contributed by atoms with Crippen LogP contribution in [0.2, 0.25) is 10.0 Å². The van der Waals surface area contributed by atoms with E-state index in [1.807, 2.05) is 0 Å². The number of pyridine rings is 1. The second kappa shape index (κ2) is 10.7. The monoisotopic (exact) mass is 531 g/mol. The third kappa shape index (κ3) is 6.24. The quantitative estimate of drug-likeness (QED) is 0.353. The maximum atomic E-state index is 14.0. The lowest BCUT2D eigenvalue weighted by Crippen LogP contribution is -2.46. The molecule has 4 rings (SSSR count). The van der Waals surface area contributed by atoms with Gasteiger partial charge in [-0.05, 0) is 31.2 Å². The fourth-order valence-electron chi connectivity index (χ4n) is 3.99. The number of carbonyl (C=O) groups excluding carboxylic acids is 1. The smallest absolute Gasteiger partial charge is 0.351 e. The highest BCUT2D eigenvalue weighted by molar-refractivity contribution is 6.33. The van der Waals surface area contributed by atoms with Gasteiger partial charge in [-0.25, -0.2) is 9.37 Å². The normalized spacial score (nSPS) is 15.6. The van der Waals surface area contributed by atoms with Gasteiger partial charge in [-0.1, -0.05) is 29.3 Å². The Labute approximate surface area is 209 Å². The standard InChI is InChI=1S/C23H23Cl2F4N5O/c24-17-3-1-4-19(26)16(17)13-33-9-7-32(8-10-33)6-2-5-30-22(35)20-14-34-12-15(23(27,28)29)11-18(25)21(34)31-20/h1,3-4,11-12,14H,2,5-10,13H2,(H,30,35). The lowest BCUT2D eigenvalue weighted by atomic mass is 10.2. The molecule has 35 heavy (non-hydrogen) atoms. The van der Waals surface area contributed by atoms with Gasteiger partial charge in [0.05, 0.1) is 10.6 Å². The van der Waals surface area contributed by atoms with Crippen LogP contribution in [0, 0.1) is 5.82 Å². The van der Waals surface area contributed by atoms with Crippen molar-refractivity contribution in [3.63, 3.8) is 0 Å². The van der Waals surface area contributed by atoms with Crippen LogP contribution in [-0.4, -0.2) is 64.4 Å². The average Bonchev–Trinajstić information content (AvgIpc) is 3.25. The number of halogens is 6. The third-order valence-corrected chi connectivity index (χ3v) is 6.54. The number of hydrogen-bond donors (Lipinski definition) is 1. The fourth-order valence-corrected chi connectivity index (χ4v) is 4.47. The predicted octanol–water partition coefficient (Wildman–Crippen LogP) is 4.74. The molecule has 12 heteroatoms. The highest BCUT2D eigenvalue weighted by Gasteiger charge is 2.32. The van der Waals surface area contributed by atoms with Gasteiger partial charge in [-0.3, -0.25) is 9.69 Å². The van der Waals surface area contributed by atoms with Crippen LogP contribution in [0.5, 0.6) is 0 Å². The Morgan fingerprint density at radius 3 is 2.46 bits per heavy atom. The number of rotatable bonds is 7. The highest BCUT2D eigenvalue weighted by atomic mass is 35.5. The van der Waals surface area contributed by atoms with E-state index < -0.39 is 17.6 Å². The number of nitrogens with one attached hydrogen (secondary N) is 1. The summed E-state index contributed by atoms with van der Waals surface area (Å²) < 4.78 is 54.0. The predicted molar refractivity (Wildman–Crippen MR) is 125 cm³/mol. The van der Waals surface area contributed by atoms with Crippen molar-refractivity contribution in [3.8, 4) is 0 Å². The Kier molecular flexibility index (Phi) is 7.85. The Bertz CT molecular complexity index is 1190. The minimum Gasteiger partial charge on any atom is -0.351 e. The van der Waals surface area contributed by atoms with Crippen molar-refractivity contribution in [2.24, 2.45) is 0 Å². The molecular formula is C23H23Cl2F4N5O. The van der Waals surface area contributed by atoms with Gasteiger partial charge >= 0.3 is 6.18 Å². The molecule has 188 valence electrons. The number of imidazole rings is 1. The van der Waals surface area contributed by atoms with E-state index in [-0.39, 0.29) is 22.2 Å².